The average molecular weight is 621 g/mol. The molecule has 0 spiro atoms. The van der Waals surface area contributed by atoms with Gasteiger partial charge < -0.3 is 19.7 Å². The molecule has 7 heteroatoms. The van der Waals surface area contributed by atoms with Crippen LogP contribution in [0.25, 0.3) is 0 Å². The minimum Gasteiger partial charge on any atom is -0.494 e. The molecule has 0 fully saturated rings. The zero-order valence-electron chi connectivity index (χ0n) is 27.2. The van der Waals surface area contributed by atoms with Crippen LogP contribution in [0.1, 0.15) is 60.7 Å². The van der Waals surface area contributed by atoms with Crippen molar-refractivity contribution in [1.82, 2.24) is 4.90 Å². The van der Waals surface area contributed by atoms with Crippen molar-refractivity contribution in [3.8, 4) is 5.75 Å². The second-order valence-corrected chi connectivity index (χ2v) is 12.5. The number of benzene rings is 4. The molecule has 4 aromatic carbocycles. The summed E-state index contributed by atoms with van der Waals surface area (Å²) >= 11 is 0. The first kappa shape index (κ1) is 34.0. The normalized spacial score (nSPS) is 11.7. The number of carbonyl (C=O) groups is 3. The number of nitrogens with zero attached hydrogens (tertiary/aromatic N) is 1. The van der Waals surface area contributed by atoms with Crippen molar-refractivity contribution in [1.29, 1.82) is 0 Å². The largest absolute Gasteiger partial charge is 0.494 e. The van der Waals surface area contributed by atoms with Crippen molar-refractivity contribution < 1.29 is 23.9 Å². The zero-order valence-corrected chi connectivity index (χ0v) is 27.2. The van der Waals surface area contributed by atoms with Gasteiger partial charge in [-0.15, -0.1) is 0 Å². The highest BCUT2D eigenvalue weighted by molar-refractivity contribution is 6.12. The molecule has 0 saturated heterocycles. The molecule has 0 aliphatic heterocycles. The Morgan fingerprint density at radius 2 is 1.41 bits per heavy atom. The van der Waals surface area contributed by atoms with Crippen LogP contribution in [0.15, 0.2) is 109 Å². The summed E-state index contributed by atoms with van der Waals surface area (Å²) in [5.41, 5.74) is 3.54. The van der Waals surface area contributed by atoms with E-state index < -0.39 is 12.0 Å². The molecular formula is C39H44N2O5. The van der Waals surface area contributed by atoms with E-state index in [9.17, 15) is 14.4 Å². The van der Waals surface area contributed by atoms with Crippen molar-refractivity contribution in [3.05, 3.63) is 131 Å². The Balaban J connectivity index is 1.35. The Kier molecular flexibility index (Phi) is 12.1. The molecule has 0 saturated carbocycles. The maximum Gasteiger partial charge on any atom is 0.328 e. The van der Waals surface area contributed by atoms with E-state index in [-0.39, 0.29) is 17.1 Å². The zero-order chi connectivity index (χ0) is 32.9. The van der Waals surface area contributed by atoms with Crippen molar-refractivity contribution in [2.45, 2.75) is 52.6 Å². The number of para-hydroxylation sites is 1. The molecule has 240 valence electrons. The van der Waals surface area contributed by atoms with E-state index in [2.05, 4.69) is 26.1 Å². The number of amides is 1. The topological polar surface area (TPSA) is 84.9 Å². The molecule has 0 aliphatic carbocycles. The van der Waals surface area contributed by atoms with Gasteiger partial charge in [0, 0.05) is 42.7 Å². The van der Waals surface area contributed by atoms with E-state index in [4.69, 9.17) is 9.47 Å². The maximum atomic E-state index is 13.2. The number of rotatable bonds is 15. The van der Waals surface area contributed by atoms with Crippen LogP contribution in [0.3, 0.4) is 0 Å². The van der Waals surface area contributed by atoms with Crippen LogP contribution in [0, 0.1) is 5.41 Å². The minimum absolute atomic E-state index is 0.0877. The molecule has 7 nitrogen and oxygen atoms in total. The lowest BCUT2D eigenvalue weighted by Crippen LogP contribution is -2.34. The summed E-state index contributed by atoms with van der Waals surface area (Å²) in [5.74, 6) is 0.293. The summed E-state index contributed by atoms with van der Waals surface area (Å²) in [6.07, 6.45) is 1.53. The second kappa shape index (κ2) is 16.4. The molecule has 46 heavy (non-hydrogen) atoms. The summed E-state index contributed by atoms with van der Waals surface area (Å²) in [5, 5.41) is 3.25. The van der Waals surface area contributed by atoms with Crippen LogP contribution >= 0.6 is 0 Å². The third kappa shape index (κ3) is 10.3. The molecule has 4 aromatic rings. The maximum absolute atomic E-state index is 13.2. The fourth-order valence-electron chi connectivity index (χ4n) is 5.14. The first-order valence-electron chi connectivity index (χ1n) is 15.7. The van der Waals surface area contributed by atoms with Crippen LogP contribution in [-0.2, 0) is 27.3 Å². The average Bonchev–Trinajstić information content (AvgIpc) is 3.06. The number of hydrogen-bond acceptors (Lipinski definition) is 6. The molecule has 0 unspecified atom stereocenters. The number of methoxy groups -OCH3 is 1. The predicted molar refractivity (Wildman–Crippen MR) is 182 cm³/mol. The lowest BCUT2D eigenvalue weighted by atomic mass is 9.91. The van der Waals surface area contributed by atoms with Crippen LogP contribution in [0.4, 0.5) is 5.69 Å². The fourth-order valence-corrected chi connectivity index (χ4v) is 5.14. The van der Waals surface area contributed by atoms with E-state index in [1.54, 1.807) is 30.3 Å². The van der Waals surface area contributed by atoms with Gasteiger partial charge >= 0.3 is 5.97 Å². The highest BCUT2D eigenvalue weighted by atomic mass is 16.5. The number of ether oxygens (including phenoxy) is 2. The SMILES string of the molecule is COC(=O)[C@H](Cc1ccc(OCCCN(Cc2ccccc2)C(=O)CC(C)(C)C)cc1)Nc1ccccc1C(=O)c1ccccc1. The number of carbonyl (C=O) groups excluding carboxylic acids is 3. The van der Waals surface area contributed by atoms with Crippen molar-refractivity contribution in [3.63, 3.8) is 0 Å². The fraction of sp³-hybridized carbons (Fsp3) is 0.308. The van der Waals surface area contributed by atoms with Gasteiger partial charge in [-0.2, -0.15) is 0 Å². The molecule has 0 aromatic heterocycles. The van der Waals surface area contributed by atoms with Gasteiger partial charge in [0.1, 0.15) is 11.8 Å². The van der Waals surface area contributed by atoms with Gasteiger partial charge in [0.2, 0.25) is 5.91 Å². The lowest BCUT2D eigenvalue weighted by Gasteiger charge is -2.27. The molecule has 0 aliphatic rings. The quantitative estimate of drug-likeness (QED) is 0.0850. The van der Waals surface area contributed by atoms with E-state index in [1.807, 2.05) is 83.8 Å². The van der Waals surface area contributed by atoms with Crippen molar-refractivity contribution in [2.24, 2.45) is 5.41 Å². The summed E-state index contributed by atoms with van der Waals surface area (Å²) in [4.78, 5) is 41.0. The van der Waals surface area contributed by atoms with Gasteiger partial charge in [0.25, 0.3) is 0 Å². The summed E-state index contributed by atoms with van der Waals surface area (Å²) < 4.78 is 11.1. The third-order valence-electron chi connectivity index (χ3n) is 7.48. The first-order valence-corrected chi connectivity index (χ1v) is 15.7. The number of ketones is 1. The lowest BCUT2D eigenvalue weighted by molar-refractivity contribution is -0.141. The molecule has 1 atom stereocenters. The van der Waals surface area contributed by atoms with E-state index in [0.717, 1.165) is 11.1 Å². The number of esters is 1. The highest BCUT2D eigenvalue weighted by Crippen LogP contribution is 2.23. The standard InChI is InChI=1S/C39H44N2O5/c1-39(2,3)27-36(42)41(28-30-14-7-5-8-15-30)24-13-25-46-32-22-20-29(21-23-32)26-35(38(44)45-4)40-34-19-12-11-18-33(34)37(43)31-16-9-6-10-17-31/h5-12,14-23,35,40H,13,24-28H2,1-4H3/t35-/m0/s1. The van der Waals surface area contributed by atoms with Crippen LogP contribution < -0.4 is 10.1 Å². The molecule has 0 heterocycles. The Bertz CT molecular complexity index is 1560. The number of hydrogen-bond donors (Lipinski definition) is 1. The summed E-state index contributed by atoms with van der Waals surface area (Å²) in [6, 6.07) is 33.1. The molecule has 1 N–H and O–H groups in total. The van der Waals surface area contributed by atoms with Gasteiger partial charge in [0.05, 0.1) is 13.7 Å². The van der Waals surface area contributed by atoms with Crippen molar-refractivity contribution in [2.75, 3.05) is 25.6 Å². The molecule has 4 rings (SSSR count). The van der Waals surface area contributed by atoms with Gasteiger partial charge in [-0.25, -0.2) is 4.79 Å². The van der Waals surface area contributed by atoms with Gasteiger partial charge in [-0.1, -0.05) is 106 Å². The Morgan fingerprint density at radius 3 is 2.07 bits per heavy atom. The summed E-state index contributed by atoms with van der Waals surface area (Å²) in [7, 11) is 1.35. The Labute approximate surface area is 272 Å². The van der Waals surface area contributed by atoms with Crippen molar-refractivity contribution >= 4 is 23.3 Å². The molecule has 0 bridgehead atoms. The first-order chi connectivity index (χ1) is 22.1. The monoisotopic (exact) mass is 620 g/mol. The molecular weight excluding hydrogens is 576 g/mol. The molecule has 1 amide bonds. The van der Waals surface area contributed by atoms with Crippen LogP contribution in [0.2, 0.25) is 0 Å². The van der Waals surface area contributed by atoms with E-state index >= 15 is 0 Å². The second-order valence-electron chi connectivity index (χ2n) is 12.5. The Hall–Kier alpha value is -4.91. The van der Waals surface area contributed by atoms with Crippen LogP contribution in [0.5, 0.6) is 5.75 Å². The predicted octanol–water partition coefficient (Wildman–Crippen LogP) is 7.35. The highest BCUT2D eigenvalue weighted by Gasteiger charge is 2.23. The Morgan fingerprint density at radius 1 is 0.783 bits per heavy atom. The molecule has 0 radical (unpaired) electrons. The third-order valence-corrected chi connectivity index (χ3v) is 7.48. The number of anilines is 1. The van der Waals surface area contributed by atoms with E-state index in [0.29, 0.717) is 61.5 Å². The smallest absolute Gasteiger partial charge is 0.328 e. The number of nitrogens with one attached hydrogen (secondary N) is 1. The van der Waals surface area contributed by atoms with E-state index in [1.165, 1.54) is 7.11 Å². The summed E-state index contributed by atoms with van der Waals surface area (Å²) in [6.45, 7) is 7.87. The minimum atomic E-state index is -0.706. The van der Waals surface area contributed by atoms with Crippen LogP contribution in [-0.4, -0.2) is 48.9 Å². The van der Waals surface area contributed by atoms with Gasteiger partial charge in [0.15, 0.2) is 5.78 Å². The van der Waals surface area contributed by atoms with Gasteiger partial charge in [-0.3, -0.25) is 9.59 Å². The van der Waals surface area contributed by atoms with Gasteiger partial charge in [-0.05, 0) is 47.2 Å².